The third-order valence-corrected chi connectivity index (χ3v) is 4.36. The molecule has 0 saturated carbocycles. The summed E-state index contributed by atoms with van der Waals surface area (Å²) in [5, 5.41) is 6.26. The molecule has 5 heteroatoms. The normalized spacial score (nSPS) is 17.7. The van der Waals surface area contributed by atoms with Crippen LogP contribution < -0.4 is 10.6 Å². The van der Waals surface area contributed by atoms with E-state index in [1.165, 1.54) is 5.56 Å². The van der Waals surface area contributed by atoms with Gasteiger partial charge in [0, 0.05) is 18.1 Å². The Morgan fingerprint density at radius 2 is 2.00 bits per heavy atom. The molecule has 1 amide bonds. The number of amides is 1. The van der Waals surface area contributed by atoms with Gasteiger partial charge >= 0.3 is 0 Å². The van der Waals surface area contributed by atoms with Crippen molar-refractivity contribution in [2.24, 2.45) is 0 Å². The minimum absolute atomic E-state index is 0.0126. The highest BCUT2D eigenvalue weighted by atomic mass is 79.9. The average molecular weight is 341 g/mol. The van der Waals surface area contributed by atoms with Gasteiger partial charge in [-0.05, 0) is 50.0 Å². The SMILES string of the molecule is COC1(C(=O)NCCc2ccc(Br)cc2)CCNCC1. The molecule has 1 saturated heterocycles. The second-order valence-electron chi connectivity index (χ2n) is 5.08. The van der Waals surface area contributed by atoms with Crippen molar-refractivity contribution in [3.8, 4) is 0 Å². The summed E-state index contributed by atoms with van der Waals surface area (Å²) in [5.74, 6) is 0.0126. The zero-order chi connectivity index (χ0) is 14.4. The molecular formula is C15H21BrN2O2. The molecule has 1 aliphatic rings. The molecule has 1 aromatic carbocycles. The number of hydrogen-bond donors (Lipinski definition) is 2. The van der Waals surface area contributed by atoms with E-state index < -0.39 is 5.60 Å². The van der Waals surface area contributed by atoms with E-state index in [2.05, 4.69) is 38.7 Å². The van der Waals surface area contributed by atoms with Crippen molar-refractivity contribution in [1.29, 1.82) is 0 Å². The predicted octanol–water partition coefficient (Wildman–Crippen LogP) is 1.88. The fourth-order valence-corrected chi connectivity index (χ4v) is 2.75. The summed E-state index contributed by atoms with van der Waals surface area (Å²) in [6.45, 7) is 2.29. The van der Waals surface area contributed by atoms with Crippen LogP contribution in [0.2, 0.25) is 0 Å². The summed E-state index contributed by atoms with van der Waals surface area (Å²) in [4.78, 5) is 12.3. The number of benzene rings is 1. The highest BCUT2D eigenvalue weighted by molar-refractivity contribution is 9.10. The molecule has 4 nitrogen and oxygen atoms in total. The van der Waals surface area contributed by atoms with Gasteiger partial charge in [0.25, 0.3) is 5.91 Å². The first-order valence-corrected chi connectivity index (χ1v) is 7.74. The fraction of sp³-hybridized carbons (Fsp3) is 0.533. The lowest BCUT2D eigenvalue weighted by molar-refractivity contribution is -0.146. The van der Waals surface area contributed by atoms with E-state index in [1.807, 2.05) is 12.1 Å². The van der Waals surface area contributed by atoms with E-state index in [-0.39, 0.29) is 5.91 Å². The second kappa shape index (κ2) is 7.20. The van der Waals surface area contributed by atoms with Crippen LogP contribution in [-0.4, -0.2) is 38.3 Å². The van der Waals surface area contributed by atoms with Crippen LogP contribution in [-0.2, 0) is 16.0 Å². The molecule has 20 heavy (non-hydrogen) atoms. The molecule has 0 spiro atoms. The van der Waals surface area contributed by atoms with Crippen molar-refractivity contribution in [1.82, 2.24) is 10.6 Å². The monoisotopic (exact) mass is 340 g/mol. The van der Waals surface area contributed by atoms with Crippen LogP contribution in [0.4, 0.5) is 0 Å². The minimum Gasteiger partial charge on any atom is -0.368 e. The van der Waals surface area contributed by atoms with E-state index in [4.69, 9.17) is 4.74 Å². The Balaban J connectivity index is 1.83. The highest BCUT2D eigenvalue weighted by Gasteiger charge is 2.39. The van der Waals surface area contributed by atoms with E-state index in [1.54, 1.807) is 7.11 Å². The van der Waals surface area contributed by atoms with Crippen molar-refractivity contribution < 1.29 is 9.53 Å². The summed E-state index contributed by atoms with van der Waals surface area (Å²) in [7, 11) is 1.62. The van der Waals surface area contributed by atoms with Crippen LogP contribution in [0.1, 0.15) is 18.4 Å². The molecule has 1 fully saturated rings. The van der Waals surface area contributed by atoms with Crippen molar-refractivity contribution in [3.05, 3.63) is 34.3 Å². The van der Waals surface area contributed by atoms with Crippen molar-refractivity contribution in [3.63, 3.8) is 0 Å². The lowest BCUT2D eigenvalue weighted by atomic mass is 9.91. The Morgan fingerprint density at radius 3 is 2.60 bits per heavy atom. The lowest BCUT2D eigenvalue weighted by Gasteiger charge is -2.34. The standard InChI is InChI=1S/C15H21BrN2O2/c1-20-15(7-10-17-11-8-15)14(19)18-9-6-12-2-4-13(16)5-3-12/h2-5,17H,6-11H2,1H3,(H,18,19). The smallest absolute Gasteiger partial charge is 0.252 e. The van der Waals surface area contributed by atoms with Gasteiger partial charge in [-0.25, -0.2) is 0 Å². The summed E-state index contributed by atoms with van der Waals surface area (Å²) in [5.41, 5.74) is 0.565. The number of methoxy groups -OCH3 is 1. The van der Waals surface area contributed by atoms with Gasteiger partial charge in [-0.1, -0.05) is 28.1 Å². The molecule has 2 rings (SSSR count). The maximum absolute atomic E-state index is 12.3. The molecule has 0 bridgehead atoms. The first-order valence-electron chi connectivity index (χ1n) is 6.95. The van der Waals surface area contributed by atoms with E-state index in [9.17, 15) is 4.79 Å². The minimum atomic E-state index is -0.648. The Bertz CT molecular complexity index is 442. The molecule has 0 unspecified atom stereocenters. The summed E-state index contributed by atoms with van der Waals surface area (Å²) < 4.78 is 6.57. The number of nitrogens with one attached hydrogen (secondary N) is 2. The summed E-state index contributed by atoms with van der Waals surface area (Å²) >= 11 is 3.41. The largest absolute Gasteiger partial charge is 0.368 e. The molecule has 0 aromatic heterocycles. The topological polar surface area (TPSA) is 50.4 Å². The van der Waals surface area contributed by atoms with E-state index >= 15 is 0 Å². The summed E-state index contributed by atoms with van der Waals surface area (Å²) in [6.07, 6.45) is 2.29. The predicted molar refractivity (Wildman–Crippen MR) is 82.7 cm³/mol. The zero-order valence-corrected chi connectivity index (χ0v) is 13.3. The van der Waals surface area contributed by atoms with Gasteiger partial charge in [0.1, 0.15) is 5.60 Å². The lowest BCUT2D eigenvalue weighted by Crippen LogP contribution is -2.54. The van der Waals surface area contributed by atoms with Gasteiger partial charge in [-0.2, -0.15) is 0 Å². The summed E-state index contributed by atoms with van der Waals surface area (Å²) in [6, 6.07) is 8.15. The fourth-order valence-electron chi connectivity index (χ4n) is 2.49. The molecular weight excluding hydrogens is 320 g/mol. The molecule has 0 atom stereocenters. The maximum Gasteiger partial charge on any atom is 0.252 e. The Morgan fingerprint density at radius 1 is 1.35 bits per heavy atom. The molecule has 110 valence electrons. The van der Waals surface area contributed by atoms with Crippen molar-refractivity contribution in [2.45, 2.75) is 24.9 Å². The number of ether oxygens (including phenoxy) is 1. The number of hydrogen-bond acceptors (Lipinski definition) is 3. The van der Waals surface area contributed by atoms with Crippen LogP contribution in [0.3, 0.4) is 0 Å². The first kappa shape index (κ1) is 15.5. The number of carbonyl (C=O) groups excluding carboxylic acids is 1. The van der Waals surface area contributed by atoms with Crippen LogP contribution in [0, 0.1) is 0 Å². The quantitative estimate of drug-likeness (QED) is 0.860. The molecule has 0 aliphatic carbocycles. The van der Waals surface area contributed by atoms with Gasteiger partial charge in [0.2, 0.25) is 0 Å². The number of carbonyl (C=O) groups is 1. The van der Waals surface area contributed by atoms with Crippen molar-refractivity contribution >= 4 is 21.8 Å². The first-order chi connectivity index (χ1) is 9.66. The maximum atomic E-state index is 12.3. The Labute approximate surface area is 128 Å². The molecule has 1 aromatic rings. The molecule has 1 heterocycles. The van der Waals surface area contributed by atoms with E-state index in [0.29, 0.717) is 6.54 Å². The van der Waals surface area contributed by atoms with Gasteiger partial charge in [-0.15, -0.1) is 0 Å². The molecule has 1 aliphatic heterocycles. The van der Waals surface area contributed by atoms with Crippen molar-refractivity contribution in [2.75, 3.05) is 26.7 Å². The molecule has 0 radical (unpaired) electrons. The van der Waals surface area contributed by atoms with Crippen LogP contribution >= 0.6 is 15.9 Å². The van der Waals surface area contributed by atoms with Gasteiger partial charge < -0.3 is 15.4 Å². The third kappa shape index (κ3) is 3.81. The van der Waals surface area contributed by atoms with Crippen LogP contribution in [0.15, 0.2) is 28.7 Å². The Hall–Kier alpha value is -0.910. The molecule has 2 N–H and O–H groups in total. The van der Waals surface area contributed by atoms with E-state index in [0.717, 1.165) is 36.8 Å². The van der Waals surface area contributed by atoms with Gasteiger partial charge in [0.15, 0.2) is 0 Å². The number of halogens is 1. The number of piperidine rings is 1. The number of rotatable bonds is 5. The van der Waals surface area contributed by atoms with Gasteiger partial charge in [0.05, 0.1) is 0 Å². The third-order valence-electron chi connectivity index (χ3n) is 3.83. The van der Waals surface area contributed by atoms with Gasteiger partial charge in [-0.3, -0.25) is 4.79 Å². The second-order valence-corrected chi connectivity index (χ2v) is 6.00. The van der Waals surface area contributed by atoms with Crippen LogP contribution in [0.25, 0.3) is 0 Å². The average Bonchev–Trinajstić information content (AvgIpc) is 2.50. The highest BCUT2D eigenvalue weighted by Crippen LogP contribution is 2.22. The Kier molecular flexibility index (Phi) is 5.57. The zero-order valence-electron chi connectivity index (χ0n) is 11.7. The van der Waals surface area contributed by atoms with Crippen LogP contribution in [0.5, 0.6) is 0 Å².